The number of nitrogens with one attached hydrogen (secondary N) is 3. The molecule has 0 unspecified atom stereocenters. The van der Waals surface area contributed by atoms with Gasteiger partial charge in [-0.25, -0.2) is 10.5 Å². The first kappa shape index (κ1) is 18.9. The number of anilines is 1. The van der Waals surface area contributed by atoms with Crippen molar-refractivity contribution in [2.75, 3.05) is 5.32 Å². The Kier molecular flexibility index (Phi) is 5.06. The normalized spacial score (nSPS) is 12.5. The highest BCUT2D eigenvalue weighted by atomic mass is 32.1. The molecular weight excluding hydrogens is 410 g/mol. The summed E-state index contributed by atoms with van der Waals surface area (Å²) in [6.07, 6.45) is 3.24. The van der Waals surface area contributed by atoms with Gasteiger partial charge in [0.05, 0.1) is 23.1 Å². The van der Waals surface area contributed by atoms with E-state index >= 15 is 0 Å². The summed E-state index contributed by atoms with van der Waals surface area (Å²) in [5.41, 5.74) is 14.1. The van der Waals surface area contributed by atoms with Crippen LogP contribution in [0.2, 0.25) is 0 Å². The third kappa shape index (κ3) is 3.85. The van der Waals surface area contributed by atoms with Gasteiger partial charge in [0.1, 0.15) is 17.5 Å². The van der Waals surface area contributed by atoms with E-state index in [0.29, 0.717) is 23.8 Å². The maximum Gasteiger partial charge on any atom is 0.145 e. The smallest absolute Gasteiger partial charge is 0.145 e. The van der Waals surface area contributed by atoms with Gasteiger partial charge < -0.3 is 25.8 Å². The van der Waals surface area contributed by atoms with E-state index in [1.807, 2.05) is 53.9 Å². The maximum absolute atomic E-state index is 9.88. The maximum atomic E-state index is 9.88. The summed E-state index contributed by atoms with van der Waals surface area (Å²) in [7, 11) is 0. The van der Waals surface area contributed by atoms with Gasteiger partial charge in [0, 0.05) is 17.7 Å². The topological polar surface area (TPSA) is 112 Å². The number of rotatable bonds is 6. The summed E-state index contributed by atoms with van der Waals surface area (Å²) in [5.74, 6) is 1.14. The van der Waals surface area contributed by atoms with Crippen molar-refractivity contribution in [1.29, 1.82) is 5.26 Å². The summed E-state index contributed by atoms with van der Waals surface area (Å²) in [6.45, 7) is 0.515. The molecule has 8 nitrogen and oxygen atoms in total. The summed E-state index contributed by atoms with van der Waals surface area (Å²) >= 11 is 1.61. The standard InChI is InChI=1S/C22H16N7OS/c23-11-18-17(16-7-8-30-13-16)10-19(20-2-1-9-31-20)25-22(18)24-12-14-3-5-15(6-4-14)21-26-28-29-27-21/h1-10,13,28-29H,12H2,(H-,24,25,26,27)/q-1. The Balaban J connectivity index is 1.46. The zero-order chi connectivity index (χ0) is 21.0. The minimum atomic E-state index is 0.481. The number of nitriles is 1. The highest BCUT2D eigenvalue weighted by Crippen LogP contribution is 2.34. The molecule has 152 valence electrons. The van der Waals surface area contributed by atoms with Crippen LogP contribution in [0.3, 0.4) is 0 Å². The van der Waals surface area contributed by atoms with Gasteiger partial charge in [-0.1, -0.05) is 30.3 Å². The number of hydrogen-bond donors (Lipinski definition) is 3. The molecule has 1 aliphatic rings. The van der Waals surface area contributed by atoms with E-state index in [0.717, 1.165) is 32.8 Å². The molecule has 4 aromatic rings. The fourth-order valence-corrected chi connectivity index (χ4v) is 3.94. The van der Waals surface area contributed by atoms with Crippen molar-refractivity contribution >= 4 is 23.0 Å². The number of furan rings is 1. The van der Waals surface area contributed by atoms with Gasteiger partial charge in [-0.15, -0.1) is 11.3 Å². The third-order valence-corrected chi connectivity index (χ3v) is 5.68. The van der Waals surface area contributed by atoms with Crippen molar-refractivity contribution in [3.05, 3.63) is 88.6 Å². The quantitative estimate of drug-likeness (QED) is 0.415. The molecule has 0 radical (unpaired) electrons. The van der Waals surface area contributed by atoms with Crippen LogP contribution in [-0.4, -0.2) is 10.8 Å². The Hall–Kier alpha value is -4.13. The average Bonchev–Trinajstić information content (AvgIpc) is 3.60. The molecule has 0 aliphatic carbocycles. The molecule has 0 saturated carbocycles. The molecule has 4 heterocycles. The number of amidine groups is 1. The van der Waals surface area contributed by atoms with Crippen LogP contribution in [-0.2, 0) is 6.54 Å². The van der Waals surface area contributed by atoms with Crippen molar-refractivity contribution in [2.24, 2.45) is 5.10 Å². The van der Waals surface area contributed by atoms with Crippen LogP contribution in [0.1, 0.15) is 16.7 Å². The molecule has 1 aromatic carbocycles. The Bertz CT molecular complexity index is 1260. The molecule has 3 N–H and O–H groups in total. The van der Waals surface area contributed by atoms with Gasteiger partial charge in [-0.05, 0) is 40.5 Å². The molecule has 5 rings (SSSR count). The molecule has 3 aromatic heterocycles. The molecule has 9 heteroatoms. The lowest BCUT2D eigenvalue weighted by atomic mass is 10.0. The second-order valence-electron chi connectivity index (χ2n) is 6.70. The summed E-state index contributed by atoms with van der Waals surface area (Å²) in [4.78, 5) is 5.78. The zero-order valence-corrected chi connectivity index (χ0v) is 17.0. The fraction of sp³-hybridized carbons (Fsp3) is 0.0455. The van der Waals surface area contributed by atoms with E-state index < -0.39 is 0 Å². The lowest BCUT2D eigenvalue weighted by Crippen LogP contribution is -2.14. The van der Waals surface area contributed by atoms with E-state index in [9.17, 15) is 5.26 Å². The Labute approximate surface area is 182 Å². The zero-order valence-electron chi connectivity index (χ0n) is 16.2. The first-order valence-corrected chi connectivity index (χ1v) is 10.3. The van der Waals surface area contributed by atoms with Gasteiger partial charge in [0.25, 0.3) is 0 Å². The Morgan fingerprint density at radius 1 is 1.16 bits per heavy atom. The molecular formula is C22H16N7OS-. The number of thiophene rings is 1. The van der Waals surface area contributed by atoms with Crippen molar-refractivity contribution in [3.63, 3.8) is 0 Å². The molecule has 0 atom stereocenters. The molecule has 0 saturated heterocycles. The number of hydrazone groups is 1. The molecule has 1 aliphatic heterocycles. The summed E-state index contributed by atoms with van der Waals surface area (Å²) in [6, 6.07) is 18.0. The van der Waals surface area contributed by atoms with Crippen molar-refractivity contribution in [1.82, 2.24) is 16.1 Å². The lowest BCUT2D eigenvalue weighted by molar-refractivity contribution is 0.568. The first-order valence-electron chi connectivity index (χ1n) is 9.45. The van der Waals surface area contributed by atoms with Crippen LogP contribution in [0.5, 0.6) is 0 Å². The van der Waals surface area contributed by atoms with Gasteiger partial charge in [-0.2, -0.15) is 5.26 Å². The average molecular weight is 426 g/mol. The SMILES string of the molecule is N#Cc1c(-c2ccoc2)cc(-c2cccs2)nc1NCc1ccc(C2=NNN[N-]2)cc1. The number of pyridine rings is 1. The minimum absolute atomic E-state index is 0.481. The second kappa shape index (κ2) is 8.31. The van der Waals surface area contributed by atoms with Crippen LogP contribution >= 0.6 is 11.3 Å². The van der Waals surface area contributed by atoms with Crippen molar-refractivity contribution < 1.29 is 4.42 Å². The van der Waals surface area contributed by atoms with E-state index in [2.05, 4.69) is 33.0 Å². The molecule has 0 spiro atoms. The number of aromatic nitrogens is 1. The van der Waals surface area contributed by atoms with Crippen LogP contribution in [0.4, 0.5) is 5.82 Å². The monoisotopic (exact) mass is 426 g/mol. The molecule has 0 amide bonds. The highest BCUT2D eigenvalue weighted by Gasteiger charge is 2.16. The number of nitrogens with zero attached hydrogens (tertiary/aromatic N) is 4. The first-order chi connectivity index (χ1) is 15.3. The van der Waals surface area contributed by atoms with Gasteiger partial charge in [0.2, 0.25) is 0 Å². The Morgan fingerprint density at radius 3 is 2.74 bits per heavy atom. The number of hydrazine groups is 1. The Morgan fingerprint density at radius 2 is 2.06 bits per heavy atom. The van der Waals surface area contributed by atoms with Gasteiger partial charge in [-0.3, -0.25) is 0 Å². The number of hydrogen-bond acceptors (Lipinski definition) is 8. The van der Waals surface area contributed by atoms with Crippen LogP contribution in [0, 0.1) is 11.3 Å². The summed E-state index contributed by atoms with van der Waals surface area (Å²) < 4.78 is 5.25. The molecule has 0 fully saturated rings. The van der Waals surface area contributed by atoms with Crippen LogP contribution < -0.4 is 16.4 Å². The largest absolute Gasteiger partial charge is 0.472 e. The second-order valence-corrected chi connectivity index (χ2v) is 7.65. The van der Waals surface area contributed by atoms with Gasteiger partial charge in [0.15, 0.2) is 0 Å². The lowest BCUT2D eigenvalue weighted by Gasteiger charge is -2.13. The highest BCUT2D eigenvalue weighted by molar-refractivity contribution is 7.13. The predicted octanol–water partition coefficient (Wildman–Crippen LogP) is 4.61. The van der Waals surface area contributed by atoms with Crippen LogP contribution in [0.15, 0.2) is 76.0 Å². The fourth-order valence-electron chi connectivity index (χ4n) is 3.25. The minimum Gasteiger partial charge on any atom is -0.472 e. The van der Waals surface area contributed by atoms with E-state index in [-0.39, 0.29) is 0 Å². The number of benzene rings is 1. The van der Waals surface area contributed by atoms with Gasteiger partial charge >= 0.3 is 0 Å². The predicted molar refractivity (Wildman–Crippen MR) is 120 cm³/mol. The molecule has 0 bridgehead atoms. The van der Waals surface area contributed by atoms with E-state index in [1.54, 1.807) is 23.9 Å². The van der Waals surface area contributed by atoms with Crippen LogP contribution in [0.25, 0.3) is 27.1 Å². The molecule has 31 heavy (non-hydrogen) atoms. The third-order valence-electron chi connectivity index (χ3n) is 4.78. The van der Waals surface area contributed by atoms with Crippen molar-refractivity contribution in [2.45, 2.75) is 6.54 Å². The van der Waals surface area contributed by atoms with E-state index in [4.69, 9.17) is 9.40 Å². The van der Waals surface area contributed by atoms with Crippen molar-refractivity contribution in [3.8, 4) is 27.8 Å². The summed E-state index contributed by atoms with van der Waals surface area (Å²) in [5, 5.41) is 19.3. The van der Waals surface area contributed by atoms with E-state index in [1.165, 1.54) is 0 Å².